The van der Waals surface area contributed by atoms with Gasteiger partial charge < -0.3 is 39.5 Å². The topological polar surface area (TPSA) is 162 Å². The number of para-hydroxylation sites is 1. The number of aliphatic hydroxyl groups is 1. The fourth-order valence-electron chi connectivity index (χ4n) is 5.96. The smallest absolute Gasteiger partial charge is 0.468 e. The van der Waals surface area contributed by atoms with E-state index in [0.29, 0.717) is 29.6 Å². The van der Waals surface area contributed by atoms with Crippen molar-refractivity contribution in [3.8, 4) is 28.6 Å². The van der Waals surface area contributed by atoms with Gasteiger partial charge in [0, 0.05) is 18.8 Å². The van der Waals surface area contributed by atoms with Crippen LogP contribution in [0.4, 0.5) is 18.9 Å². The van der Waals surface area contributed by atoms with Crippen molar-refractivity contribution >= 4 is 28.5 Å². The minimum atomic E-state index is -4.22. The molecule has 2 aromatic heterocycles. The van der Waals surface area contributed by atoms with E-state index in [1.165, 1.54) is 29.3 Å². The van der Waals surface area contributed by atoms with Crippen LogP contribution >= 0.6 is 0 Å². The molecule has 0 spiro atoms. The van der Waals surface area contributed by atoms with Crippen LogP contribution in [0.3, 0.4) is 0 Å². The van der Waals surface area contributed by atoms with Crippen molar-refractivity contribution in [2.45, 2.75) is 37.5 Å². The van der Waals surface area contributed by atoms with Crippen LogP contribution in [0.5, 0.6) is 17.2 Å². The van der Waals surface area contributed by atoms with Gasteiger partial charge in [0.05, 0.1) is 27.8 Å². The standard InChI is InChI=1S/C31H29F3N6O7/c1-39-9-6-15(7-10-39)40-28(43)17-11-20-21(12-18(17)29(40)44)38-26(37-20)24-19(5-8-35-27(24)42)36-13-16(41)14-45-22-3-2-4-23-25(22)47-31(33,34)30(32)46-23/h2-5,8,11-12,15-16,30,41H,6-7,9-10,13-14H2,1H3,(H,37,38)(H2,35,36,42)/t16?,30-/m0/s1. The van der Waals surface area contributed by atoms with Crippen LogP contribution in [0.25, 0.3) is 22.4 Å². The molecular formula is C31H29F3N6O7. The number of anilines is 1. The Bertz CT molecular complexity index is 1890. The molecule has 3 aliphatic rings. The number of nitrogens with zero attached hydrogens (tertiary/aromatic N) is 3. The Balaban J connectivity index is 1.06. The van der Waals surface area contributed by atoms with E-state index >= 15 is 0 Å². The number of halogens is 3. The summed E-state index contributed by atoms with van der Waals surface area (Å²) in [6, 6.07) is 8.43. The third-order valence-electron chi connectivity index (χ3n) is 8.41. The first-order valence-electron chi connectivity index (χ1n) is 14.9. The molecule has 2 amide bonds. The molecule has 246 valence electrons. The number of fused-ring (bicyclic) bond motifs is 3. The van der Waals surface area contributed by atoms with E-state index in [1.807, 2.05) is 7.05 Å². The molecule has 0 aliphatic carbocycles. The zero-order valence-corrected chi connectivity index (χ0v) is 24.9. The Morgan fingerprint density at radius 2 is 1.89 bits per heavy atom. The van der Waals surface area contributed by atoms with E-state index in [2.05, 4.69) is 34.6 Å². The summed E-state index contributed by atoms with van der Waals surface area (Å²) in [4.78, 5) is 53.3. The van der Waals surface area contributed by atoms with Crippen molar-refractivity contribution < 1.29 is 42.1 Å². The number of imide groups is 1. The monoisotopic (exact) mass is 654 g/mol. The van der Waals surface area contributed by atoms with E-state index in [-0.39, 0.29) is 65.0 Å². The molecule has 4 aromatic rings. The molecule has 2 atom stereocenters. The number of imidazole rings is 1. The lowest BCUT2D eigenvalue weighted by molar-refractivity contribution is -0.282. The largest absolute Gasteiger partial charge is 0.487 e. The zero-order valence-electron chi connectivity index (χ0n) is 24.9. The third-order valence-corrected chi connectivity index (χ3v) is 8.41. The third kappa shape index (κ3) is 5.52. The number of amides is 2. The van der Waals surface area contributed by atoms with E-state index in [4.69, 9.17) is 4.74 Å². The second kappa shape index (κ2) is 11.6. The summed E-state index contributed by atoms with van der Waals surface area (Å²) < 4.78 is 55.5. The van der Waals surface area contributed by atoms with Crippen molar-refractivity contribution in [2.24, 2.45) is 0 Å². The highest BCUT2D eigenvalue weighted by Crippen LogP contribution is 2.46. The molecule has 0 saturated carbocycles. The molecule has 0 radical (unpaired) electrons. The van der Waals surface area contributed by atoms with Crippen molar-refractivity contribution in [1.29, 1.82) is 0 Å². The molecular weight excluding hydrogens is 625 g/mol. The average molecular weight is 655 g/mol. The number of rotatable bonds is 8. The van der Waals surface area contributed by atoms with Crippen LogP contribution in [-0.4, -0.2) is 99.6 Å². The number of carbonyl (C=O) groups excluding carboxylic acids is 2. The fraction of sp³-hybridized carbons (Fsp3) is 0.355. The second-order valence-corrected chi connectivity index (χ2v) is 11.6. The van der Waals surface area contributed by atoms with E-state index in [1.54, 1.807) is 18.2 Å². The number of aromatic nitrogens is 3. The molecule has 7 rings (SSSR count). The SMILES string of the molecule is CN1CCC(N2C(=O)c3cc4nc(-c5c(NCC(O)COc6cccc7c6OC(F)(F)[C@@H](F)O7)cc[nH]c5=O)[nH]c4cc3C2=O)CC1. The summed E-state index contributed by atoms with van der Waals surface area (Å²) in [5, 5.41) is 13.6. The van der Waals surface area contributed by atoms with Gasteiger partial charge in [-0.25, -0.2) is 4.98 Å². The minimum Gasteiger partial charge on any atom is -0.487 e. The first kappa shape index (κ1) is 30.6. The summed E-state index contributed by atoms with van der Waals surface area (Å²) in [6.45, 7) is 1.05. The number of alkyl halides is 3. The number of hydrogen-bond acceptors (Lipinski definition) is 10. The Hall–Kier alpha value is -5.09. The van der Waals surface area contributed by atoms with Gasteiger partial charge in [-0.05, 0) is 63.3 Å². The highest BCUT2D eigenvalue weighted by atomic mass is 19.3. The molecule has 0 bridgehead atoms. The lowest BCUT2D eigenvalue weighted by Gasteiger charge is -2.33. The number of aliphatic hydroxyl groups excluding tert-OH is 1. The van der Waals surface area contributed by atoms with Crippen molar-refractivity contribution in [3.05, 3.63) is 64.1 Å². The van der Waals surface area contributed by atoms with Gasteiger partial charge >= 0.3 is 12.5 Å². The Kier molecular flexibility index (Phi) is 7.55. The van der Waals surface area contributed by atoms with Gasteiger partial charge in [-0.1, -0.05) is 6.07 Å². The predicted molar refractivity (Wildman–Crippen MR) is 161 cm³/mol. The molecule has 1 saturated heterocycles. The predicted octanol–water partition coefficient (Wildman–Crippen LogP) is 3.12. The van der Waals surface area contributed by atoms with Crippen LogP contribution in [-0.2, 0) is 0 Å². The number of nitrogens with one attached hydrogen (secondary N) is 3. The summed E-state index contributed by atoms with van der Waals surface area (Å²) >= 11 is 0. The Morgan fingerprint density at radius 3 is 2.66 bits per heavy atom. The van der Waals surface area contributed by atoms with Gasteiger partial charge in [-0.2, -0.15) is 13.2 Å². The number of H-pyrrole nitrogens is 2. The number of aromatic amines is 2. The highest BCUT2D eigenvalue weighted by Gasteiger charge is 2.50. The minimum absolute atomic E-state index is 0.105. The Labute approximate surface area is 264 Å². The van der Waals surface area contributed by atoms with Crippen molar-refractivity contribution in [2.75, 3.05) is 38.6 Å². The molecule has 1 fully saturated rings. The summed E-state index contributed by atoms with van der Waals surface area (Å²) in [7, 11) is 2.00. The summed E-state index contributed by atoms with van der Waals surface area (Å²) in [5.41, 5.74) is 1.26. The van der Waals surface area contributed by atoms with Gasteiger partial charge in [0.2, 0.25) is 5.75 Å². The van der Waals surface area contributed by atoms with E-state index < -0.39 is 29.9 Å². The maximum absolute atomic E-state index is 13.7. The first-order chi connectivity index (χ1) is 22.5. The number of piperidine rings is 1. The molecule has 4 N–H and O–H groups in total. The molecule has 13 nitrogen and oxygen atoms in total. The highest BCUT2D eigenvalue weighted by molar-refractivity contribution is 6.23. The summed E-state index contributed by atoms with van der Waals surface area (Å²) in [5.74, 6) is -1.53. The first-order valence-corrected chi connectivity index (χ1v) is 14.9. The zero-order chi connectivity index (χ0) is 33.0. The quantitative estimate of drug-likeness (QED) is 0.208. The van der Waals surface area contributed by atoms with Gasteiger partial charge in [-0.3, -0.25) is 19.3 Å². The van der Waals surface area contributed by atoms with Crippen LogP contribution in [0.1, 0.15) is 33.6 Å². The average Bonchev–Trinajstić information content (AvgIpc) is 3.56. The number of ether oxygens (including phenoxy) is 3. The van der Waals surface area contributed by atoms with Crippen LogP contribution in [0, 0.1) is 0 Å². The Morgan fingerprint density at radius 1 is 1.15 bits per heavy atom. The van der Waals surface area contributed by atoms with E-state index in [9.17, 15) is 32.7 Å². The van der Waals surface area contributed by atoms with E-state index in [0.717, 1.165) is 13.1 Å². The van der Waals surface area contributed by atoms with Crippen LogP contribution in [0.15, 0.2) is 47.4 Å². The molecule has 3 aliphatic heterocycles. The van der Waals surface area contributed by atoms with Gasteiger partial charge in [0.25, 0.3) is 17.4 Å². The number of hydrogen-bond donors (Lipinski definition) is 4. The lowest BCUT2D eigenvalue weighted by atomic mass is 10.0. The molecule has 1 unspecified atom stereocenters. The molecule has 16 heteroatoms. The van der Waals surface area contributed by atoms with Gasteiger partial charge in [-0.15, -0.1) is 0 Å². The fourth-order valence-corrected chi connectivity index (χ4v) is 5.96. The number of pyridine rings is 1. The second-order valence-electron chi connectivity index (χ2n) is 11.6. The number of carbonyl (C=O) groups is 2. The normalized spacial score (nSPS) is 20.0. The molecule has 47 heavy (non-hydrogen) atoms. The van der Waals surface area contributed by atoms with Gasteiger partial charge in [0.1, 0.15) is 24.1 Å². The number of benzene rings is 2. The lowest BCUT2D eigenvalue weighted by Crippen LogP contribution is -2.46. The maximum Gasteiger partial charge on any atom is 0.468 e. The van der Waals surface area contributed by atoms with Crippen LogP contribution in [0.2, 0.25) is 0 Å². The number of likely N-dealkylation sites (tertiary alicyclic amines) is 1. The molecule has 2 aromatic carbocycles. The molecule has 5 heterocycles. The summed E-state index contributed by atoms with van der Waals surface area (Å²) in [6.07, 6.45) is -5.62. The van der Waals surface area contributed by atoms with Gasteiger partial charge in [0.15, 0.2) is 11.5 Å². The van der Waals surface area contributed by atoms with Crippen molar-refractivity contribution in [1.82, 2.24) is 24.8 Å². The maximum atomic E-state index is 13.7. The van der Waals surface area contributed by atoms with Crippen LogP contribution < -0.4 is 25.1 Å². The van der Waals surface area contributed by atoms with Crippen molar-refractivity contribution in [3.63, 3.8) is 0 Å².